The number of benzene rings is 2. The lowest BCUT2D eigenvalue weighted by atomic mass is 9.63. The van der Waals surface area contributed by atoms with Crippen molar-refractivity contribution in [2.45, 2.75) is 30.8 Å². The van der Waals surface area contributed by atoms with Gasteiger partial charge in [-0.3, -0.25) is 4.79 Å². The molecule has 1 aliphatic carbocycles. The van der Waals surface area contributed by atoms with E-state index in [-0.39, 0.29) is 12.5 Å². The molecule has 2 aromatic carbocycles. The highest BCUT2D eigenvalue weighted by Gasteiger charge is 2.45. The summed E-state index contributed by atoms with van der Waals surface area (Å²) in [5.74, 6) is -2.54. The number of halogens is 3. The molecule has 1 aliphatic rings. The number of nitrogens with one attached hydrogen (secondary N) is 1. The van der Waals surface area contributed by atoms with E-state index in [9.17, 15) is 23.1 Å². The molecule has 0 aliphatic heterocycles. The number of hydrogen-bond donors (Lipinski definition) is 2. The fourth-order valence-corrected chi connectivity index (χ4v) is 3.25. The Morgan fingerprint density at radius 3 is 2.32 bits per heavy atom. The van der Waals surface area contributed by atoms with Crippen LogP contribution in [0.1, 0.15) is 36.5 Å². The van der Waals surface area contributed by atoms with E-state index in [0.717, 1.165) is 18.6 Å². The Morgan fingerprint density at radius 1 is 1.12 bits per heavy atom. The zero-order valence-electron chi connectivity index (χ0n) is 13.4. The largest absolute Gasteiger partial charge is 0.386 e. The molecule has 6 heteroatoms. The zero-order valence-corrected chi connectivity index (χ0v) is 13.4. The van der Waals surface area contributed by atoms with E-state index in [4.69, 9.17) is 0 Å². The van der Waals surface area contributed by atoms with Crippen LogP contribution in [-0.4, -0.2) is 17.6 Å². The summed E-state index contributed by atoms with van der Waals surface area (Å²) in [5, 5.41) is 12.6. The molecule has 25 heavy (non-hydrogen) atoms. The van der Waals surface area contributed by atoms with Crippen molar-refractivity contribution < 1.29 is 23.1 Å². The average Bonchev–Trinajstić information content (AvgIpc) is 2.52. The van der Waals surface area contributed by atoms with Gasteiger partial charge in [-0.1, -0.05) is 24.6 Å². The molecular weight excluding hydrogens is 331 g/mol. The molecule has 3 rings (SSSR count). The molecule has 0 heterocycles. The number of aliphatic hydroxyl groups excluding tert-OH is 1. The van der Waals surface area contributed by atoms with E-state index in [1.807, 2.05) is 0 Å². The van der Waals surface area contributed by atoms with Crippen molar-refractivity contribution >= 4 is 5.91 Å². The summed E-state index contributed by atoms with van der Waals surface area (Å²) < 4.78 is 40.9. The third-order valence-electron chi connectivity index (χ3n) is 4.81. The Kier molecular flexibility index (Phi) is 4.81. The maximum Gasteiger partial charge on any atom is 0.230 e. The van der Waals surface area contributed by atoms with E-state index in [1.165, 1.54) is 18.2 Å². The van der Waals surface area contributed by atoms with Gasteiger partial charge in [0, 0.05) is 6.54 Å². The molecule has 3 nitrogen and oxygen atoms in total. The standard InChI is InChI=1S/C19H18F3NO2/c20-13-5-1-4-12(10-13)19(8-3-9-19)18(25)23-11-16(24)17-14(21)6-2-7-15(17)22/h1-2,4-7,10,16,24H,3,8-9,11H2,(H,23,25). The van der Waals surface area contributed by atoms with Crippen LogP contribution in [0.15, 0.2) is 42.5 Å². The van der Waals surface area contributed by atoms with Crippen LogP contribution in [0.2, 0.25) is 0 Å². The van der Waals surface area contributed by atoms with Gasteiger partial charge < -0.3 is 10.4 Å². The molecule has 2 N–H and O–H groups in total. The van der Waals surface area contributed by atoms with Crippen molar-refractivity contribution in [3.05, 3.63) is 71.0 Å². The lowest BCUT2D eigenvalue weighted by Crippen LogP contribution is -2.50. The SMILES string of the molecule is O=C(NCC(O)c1c(F)cccc1F)C1(c2cccc(F)c2)CCC1. The van der Waals surface area contributed by atoms with Crippen LogP contribution in [0.25, 0.3) is 0 Å². The van der Waals surface area contributed by atoms with Crippen LogP contribution < -0.4 is 5.32 Å². The van der Waals surface area contributed by atoms with Gasteiger partial charge in [0.25, 0.3) is 0 Å². The summed E-state index contributed by atoms with van der Waals surface area (Å²) in [6.45, 7) is -0.326. The Labute approximate surface area is 143 Å². The number of rotatable bonds is 5. The zero-order chi connectivity index (χ0) is 18.0. The lowest BCUT2D eigenvalue weighted by Gasteiger charge is -2.41. The topological polar surface area (TPSA) is 49.3 Å². The number of carbonyl (C=O) groups is 1. The first-order valence-corrected chi connectivity index (χ1v) is 8.10. The monoisotopic (exact) mass is 349 g/mol. The molecule has 1 unspecified atom stereocenters. The fourth-order valence-electron chi connectivity index (χ4n) is 3.25. The Balaban J connectivity index is 1.73. The molecule has 0 bridgehead atoms. The second-order valence-corrected chi connectivity index (χ2v) is 6.31. The van der Waals surface area contributed by atoms with Gasteiger partial charge in [0.2, 0.25) is 5.91 Å². The molecule has 2 aromatic rings. The van der Waals surface area contributed by atoms with Crippen molar-refractivity contribution in [3.63, 3.8) is 0 Å². The highest BCUT2D eigenvalue weighted by molar-refractivity contribution is 5.89. The minimum absolute atomic E-state index is 0.326. The number of carbonyl (C=O) groups excluding carboxylic acids is 1. The second-order valence-electron chi connectivity index (χ2n) is 6.31. The minimum Gasteiger partial charge on any atom is -0.386 e. The average molecular weight is 349 g/mol. The maximum absolute atomic E-state index is 13.7. The fraction of sp³-hybridized carbons (Fsp3) is 0.316. The number of aliphatic hydroxyl groups is 1. The molecule has 1 saturated carbocycles. The molecule has 1 amide bonds. The maximum atomic E-state index is 13.7. The quantitative estimate of drug-likeness (QED) is 0.869. The second kappa shape index (κ2) is 6.88. The Hall–Kier alpha value is -2.34. The summed E-state index contributed by atoms with van der Waals surface area (Å²) in [6.07, 6.45) is 0.447. The highest BCUT2D eigenvalue weighted by atomic mass is 19.1. The van der Waals surface area contributed by atoms with E-state index >= 15 is 0 Å². The van der Waals surface area contributed by atoms with E-state index in [1.54, 1.807) is 12.1 Å². The molecule has 132 valence electrons. The predicted octanol–water partition coefficient (Wildman–Crippen LogP) is 3.38. The van der Waals surface area contributed by atoms with Gasteiger partial charge in [-0.2, -0.15) is 0 Å². The van der Waals surface area contributed by atoms with Crippen LogP contribution in [0.3, 0.4) is 0 Å². The molecule has 0 aromatic heterocycles. The highest BCUT2D eigenvalue weighted by Crippen LogP contribution is 2.44. The van der Waals surface area contributed by atoms with Gasteiger partial charge >= 0.3 is 0 Å². The van der Waals surface area contributed by atoms with Crippen LogP contribution in [0.5, 0.6) is 0 Å². The van der Waals surface area contributed by atoms with Crippen molar-refractivity contribution in [1.29, 1.82) is 0 Å². The van der Waals surface area contributed by atoms with Crippen LogP contribution >= 0.6 is 0 Å². The molecule has 1 atom stereocenters. The minimum atomic E-state index is -1.50. The van der Waals surface area contributed by atoms with Crippen LogP contribution in [0.4, 0.5) is 13.2 Å². The number of amides is 1. The van der Waals surface area contributed by atoms with E-state index in [2.05, 4.69) is 5.32 Å². The summed E-state index contributed by atoms with van der Waals surface area (Å²) in [7, 11) is 0. The molecule has 0 spiro atoms. The molecular formula is C19H18F3NO2. The summed E-state index contributed by atoms with van der Waals surface area (Å²) >= 11 is 0. The lowest BCUT2D eigenvalue weighted by molar-refractivity contribution is -0.130. The first-order chi connectivity index (χ1) is 11.9. The third kappa shape index (κ3) is 3.26. The van der Waals surface area contributed by atoms with Gasteiger partial charge in [0.1, 0.15) is 23.6 Å². The van der Waals surface area contributed by atoms with Gasteiger partial charge in [-0.15, -0.1) is 0 Å². The Morgan fingerprint density at radius 2 is 1.76 bits per heavy atom. The van der Waals surface area contributed by atoms with Gasteiger partial charge in [-0.05, 0) is 42.7 Å². The van der Waals surface area contributed by atoms with Crippen molar-refractivity contribution in [1.82, 2.24) is 5.32 Å². The van der Waals surface area contributed by atoms with Crippen molar-refractivity contribution in [2.24, 2.45) is 0 Å². The number of hydrogen-bond acceptors (Lipinski definition) is 2. The molecule has 1 fully saturated rings. The van der Waals surface area contributed by atoms with Crippen molar-refractivity contribution in [3.8, 4) is 0 Å². The first-order valence-electron chi connectivity index (χ1n) is 8.10. The normalized spacial score (nSPS) is 16.8. The van der Waals surface area contributed by atoms with Gasteiger partial charge in [-0.25, -0.2) is 13.2 Å². The predicted molar refractivity (Wildman–Crippen MR) is 86.3 cm³/mol. The van der Waals surface area contributed by atoms with E-state index < -0.39 is 34.5 Å². The van der Waals surface area contributed by atoms with Crippen LogP contribution in [0, 0.1) is 17.5 Å². The smallest absolute Gasteiger partial charge is 0.230 e. The molecule has 0 radical (unpaired) electrons. The summed E-state index contributed by atoms with van der Waals surface area (Å²) in [5.41, 5.74) is -0.755. The first kappa shape index (κ1) is 17.5. The van der Waals surface area contributed by atoms with Gasteiger partial charge in [0.15, 0.2) is 0 Å². The summed E-state index contributed by atoms with van der Waals surface area (Å²) in [4.78, 5) is 12.6. The van der Waals surface area contributed by atoms with E-state index in [0.29, 0.717) is 18.4 Å². The third-order valence-corrected chi connectivity index (χ3v) is 4.81. The van der Waals surface area contributed by atoms with Gasteiger partial charge in [0.05, 0.1) is 11.0 Å². The summed E-state index contributed by atoms with van der Waals surface area (Å²) in [6, 6.07) is 9.15. The van der Waals surface area contributed by atoms with Crippen LogP contribution in [-0.2, 0) is 10.2 Å². The van der Waals surface area contributed by atoms with Crippen molar-refractivity contribution in [2.75, 3.05) is 6.54 Å². The Bertz CT molecular complexity index is 770. The molecule has 0 saturated heterocycles.